The van der Waals surface area contributed by atoms with E-state index in [2.05, 4.69) is 73.9 Å². The number of hydrogen-bond acceptors (Lipinski definition) is 3. The van der Waals surface area contributed by atoms with Gasteiger partial charge in [-0.05, 0) is 51.4 Å². The summed E-state index contributed by atoms with van der Waals surface area (Å²) in [4.78, 5) is 0. The van der Waals surface area contributed by atoms with E-state index in [0.717, 1.165) is 26.1 Å². The average Bonchev–Trinajstić information content (AvgIpc) is 2.23. The minimum Gasteiger partial charge on any atom is -0.322 e. The van der Waals surface area contributed by atoms with Gasteiger partial charge in [-0.1, -0.05) is 41.5 Å². The van der Waals surface area contributed by atoms with Crippen LogP contribution in [0.2, 0.25) is 0 Å². The molecule has 0 rings (SSSR count). The van der Waals surface area contributed by atoms with Gasteiger partial charge in [0.05, 0.1) is 13.2 Å². The Hall–Kier alpha value is 0.310. The number of hydrogen-bond donors (Lipinski definition) is 0. The van der Waals surface area contributed by atoms with Crippen LogP contribution in [0.5, 0.6) is 0 Å². The van der Waals surface area contributed by atoms with Crippen molar-refractivity contribution in [2.75, 3.05) is 13.2 Å². The smallest absolute Gasteiger partial charge is 0.259 e. The maximum atomic E-state index is 6.19. The van der Waals surface area contributed by atoms with E-state index in [9.17, 15) is 0 Å². The summed E-state index contributed by atoms with van der Waals surface area (Å²) >= 11 is 0. The minimum atomic E-state index is -0.976. The average molecular weight is 333 g/mol. The summed E-state index contributed by atoms with van der Waals surface area (Å²) in [5, 5.41) is 0. The van der Waals surface area contributed by atoms with Crippen molar-refractivity contribution < 1.29 is 9.05 Å². The number of rotatable bonds is 9. The zero-order valence-electron chi connectivity index (χ0n) is 16.7. The molecule has 0 unspecified atom stereocenters. The predicted molar refractivity (Wildman–Crippen MR) is 99.1 cm³/mol. The van der Waals surface area contributed by atoms with Gasteiger partial charge >= 0.3 is 0 Å². The van der Waals surface area contributed by atoms with Crippen LogP contribution in [0.15, 0.2) is 0 Å². The molecule has 0 fully saturated rings. The van der Waals surface area contributed by atoms with Crippen LogP contribution >= 0.6 is 8.53 Å². The van der Waals surface area contributed by atoms with Gasteiger partial charge in [0, 0.05) is 12.1 Å². The fourth-order valence-electron chi connectivity index (χ4n) is 2.00. The summed E-state index contributed by atoms with van der Waals surface area (Å²) in [5.41, 5.74) is 0.597. The third kappa shape index (κ3) is 10.9. The van der Waals surface area contributed by atoms with Crippen LogP contribution in [0.4, 0.5) is 0 Å². The van der Waals surface area contributed by atoms with Crippen LogP contribution in [-0.4, -0.2) is 30.0 Å². The predicted octanol–water partition coefficient (Wildman–Crippen LogP) is 6.24. The standard InChI is InChI=1S/C18H40NO2P/c1-15(2)19(16(3)4)22(20-13-11-17(5,6)7)21-14-12-18(8,9)10/h15-16H,11-14H2,1-10H3. The molecule has 0 aromatic heterocycles. The summed E-state index contributed by atoms with van der Waals surface area (Å²) in [6.45, 7) is 23.9. The van der Waals surface area contributed by atoms with Crippen molar-refractivity contribution in [3.63, 3.8) is 0 Å². The van der Waals surface area contributed by atoms with Gasteiger partial charge in [-0.25, -0.2) is 4.67 Å². The van der Waals surface area contributed by atoms with Gasteiger partial charge < -0.3 is 9.05 Å². The molecule has 0 aromatic carbocycles. The molecule has 0 aliphatic rings. The van der Waals surface area contributed by atoms with Crippen molar-refractivity contribution in [3.8, 4) is 0 Å². The molecule has 0 aromatic rings. The van der Waals surface area contributed by atoms with Gasteiger partial charge in [0.2, 0.25) is 0 Å². The molecular formula is C18H40NO2P. The van der Waals surface area contributed by atoms with Gasteiger partial charge in [0.1, 0.15) is 0 Å². The van der Waals surface area contributed by atoms with E-state index in [-0.39, 0.29) is 0 Å². The Morgan fingerprint density at radius 3 is 1.27 bits per heavy atom. The third-order valence-electron chi connectivity index (χ3n) is 3.35. The molecule has 0 aliphatic heterocycles. The highest BCUT2D eigenvalue weighted by molar-refractivity contribution is 7.44. The van der Waals surface area contributed by atoms with Gasteiger partial charge in [-0.2, -0.15) is 0 Å². The maximum Gasteiger partial charge on any atom is 0.259 e. The summed E-state index contributed by atoms with van der Waals surface area (Å²) in [6.07, 6.45) is 2.11. The van der Waals surface area contributed by atoms with Crippen molar-refractivity contribution in [1.29, 1.82) is 0 Å². The minimum absolute atomic E-state index is 0.299. The molecule has 3 nitrogen and oxygen atoms in total. The monoisotopic (exact) mass is 333 g/mol. The Labute approximate surface area is 141 Å². The zero-order chi connectivity index (χ0) is 17.6. The molecule has 0 saturated carbocycles. The van der Waals surface area contributed by atoms with Crippen molar-refractivity contribution >= 4 is 8.53 Å². The summed E-state index contributed by atoms with van der Waals surface area (Å²) in [5.74, 6) is 0. The van der Waals surface area contributed by atoms with E-state index in [4.69, 9.17) is 9.05 Å². The first kappa shape index (κ1) is 22.3. The lowest BCUT2D eigenvalue weighted by Crippen LogP contribution is -2.34. The maximum absolute atomic E-state index is 6.19. The Morgan fingerprint density at radius 1 is 0.727 bits per heavy atom. The molecule has 0 spiro atoms. The fourth-order valence-corrected chi connectivity index (χ4v) is 3.59. The molecule has 0 heterocycles. The quantitative estimate of drug-likeness (QED) is 0.466. The molecule has 0 atom stereocenters. The van der Waals surface area contributed by atoms with Gasteiger partial charge in [0.15, 0.2) is 0 Å². The Morgan fingerprint density at radius 2 is 1.05 bits per heavy atom. The van der Waals surface area contributed by atoms with E-state index in [0.29, 0.717) is 22.9 Å². The fraction of sp³-hybridized carbons (Fsp3) is 1.00. The highest BCUT2D eigenvalue weighted by Crippen LogP contribution is 2.46. The molecular weight excluding hydrogens is 293 g/mol. The highest BCUT2D eigenvalue weighted by atomic mass is 31.2. The van der Waals surface area contributed by atoms with Gasteiger partial charge in [-0.3, -0.25) is 0 Å². The lowest BCUT2D eigenvalue weighted by molar-refractivity contribution is 0.148. The second kappa shape index (κ2) is 9.57. The molecule has 0 bridgehead atoms. The van der Waals surface area contributed by atoms with Crippen LogP contribution < -0.4 is 0 Å². The molecule has 22 heavy (non-hydrogen) atoms. The van der Waals surface area contributed by atoms with E-state index < -0.39 is 8.53 Å². The van der Waals surface area contributed by atoms with Gasteiger partial charge in [-0.15, -0.1) is 0 Å². The first-order valence-electron chi connectivity index (χ1n) is 8.68. The summed E-state index contributed by atoms with van der Waals surface area (Å²) in [6, 6.07) is 0.853. The molecule has 134 valence electrons. The van der Waals surface area contributed by atoms with Crippen LogP contribution in [0, 0.1) is 10.8 Å². The number of nitrogens with zero attached hydrogens (tertiary/aromatic N) is 1. The van der Waals surface area contributed by atoms with E-state index in [1.165, 1.54) is 0 Å². The van der Waals surface area contributed by atoms with Crippen molar-refractivity contribution in [3.05, 3.63) is 0 Å². The topological polar surface area (TPSA) is 21.7 Å². The van der Waals surface area contributed by atoms with Crippen molar-refractivity contribution in [2.24, 2.45) is 10.8 Å². The SMILES string of the molecule is CC(C)N(C(C)C)P(OCCC(C)(C)C)OCCC(C)(C)C. The van der Waals surface area contributed by atoms with E-state index in [1.807, 2.05) is 0 Å². The Balaban J connectivity index is 4.67. The van der Waals surface area contributed by atoms with Crippen LogP contribution in [0.1, 0.15) is 82.1 Å². The van der Waals surface area contributed by atoms with Crippen molar-refractivity contribution in [2.45, 2.75) is 94.2 Å². The zero-order valence-corrected chi connectivity index (χ0v) is 17.6. The second-order valence-electron chi connectivity index (χ2n) is 9.09. The lowest BCUT2D eigenvalue weighted by atomic mass is 9.93. The normalized spacial score (nSPS) is 13.9. The second-order valence-corrected chi connectivity index (χ2v) is 10.5. The lowest BCUT2D eigenvalue weighted by Gasteiger charge is -2.36. The first-order chi connectivity index (χ1) is 9.83. The Bertz CT molecular complexity index is 264. The van der Waals surface area contributed by atoms with Crippen LogP contribution in [0.25, 0.3) is 0 Å². The largest absolute Gasteiger partial charge is 0.322 e. The third-order valence-corrected chi connectivity index (χ3v) is 5.46. The van der Waals surface area contributed by atoms with E-state index >= 15 is 0 Å². The van der Waals surface area contributed by atoms with E-state index in [1.54, 1.807) is 0 Å². The van der Waals surface area contributed by atoms with Crippen LogP contribution in [-0.2, 0) is 9.05 Å². The summed E-state index contributed by atoms with van der Waals surface area (Å²) in [7, 11) is -0.976. The molecule has 4 heteroatoms. The first-order valence-corrected chi connectivity index (χ1v) is 9.81. The molecule has 0 radical (unpaired) electrons. The highest BCUT2D eigenvalue weighted by Gasteiger charge is 2.28. The van der Waals surface area contributed by atoms with Gasteiger partial charge in [0.25, 0.3) is 8.53 Å². The van der Waals surface area contributed by atoms with Crippen molar-refractivity contribution in [1.82, 2.24) is 4.67 Å². The molecule has 0 saturated heterocycles. The van der Waals surface area contributed by atoms with Crippen LogP contribution in [0.3, 0.4) is 0 Å². The Kier molecular flexibility index (Phi) is 9.70. The molecule has 0 N–H and O–H groups in total. The summed E-state index contributed by atoms with van der Waals surface area (Å²) < 4.78 is 14.7. The molecule has 0 aliphatic carbocycles. The molecule has 0 amide bonds.